The topological polar surface area (TPSA) is 113 Å². The van der Waals surface area contributed by atoms with E-state index in [2.05, 4.69) is 10.0 Å². The van der Waals surface area contributed by atoms with Crippen LogP contribution in [0.2, 0.25) is 0 Å². The number of hydrogen-bond acceptors (Lipinski definition) is 5. The number of sulfonamides is 2. The summed E-state index contributed by atoms with van der Waals surface area (Å²) in [5.41, 5.74) is 5.11. The minimum Gasteiger partial charge on any atom is -0.324 e. The summed E-state index contributed by atoms with van der Waals surface area (Å²) < 4.78 is 54.3. The predicted molar refractivity (Wildman–Crippen MR) is 144 cm³/mol. The summed E-state index contributed by atoms with van der Waals surface area (Å²) in [5, 5.41) is 2.67. The Morgan fingerprint density at radius 2 is 1.28 bits per heavy atom. The van der Waals surface area contributed by atoms with E-state index >= 15 is 0 Å². The summed E-state index contributed by atoms with van der Waals surface area (Å²) in [6.45, 7) is 9.13. The van der Waals surface area contributed by atoms with Gasteiger partial charge in [0.15, 0.2) is 0 Å². The maximum absolute atomic E-state index is 13.0. The molecule has 192 valence electrons. The van der Waals surface area contributed by atoms with Gasteiger partial charge in [0.2, 0.25) is 15.9 Å². The fraction of sp³-hybridized carbons (Fsp3) is 0.269. The molecule has 0 spiro atoms. The highest BCUT2D eigenvalue weighted by atomic mass is 32.2. The summed E-state index contributed by atoms with van der Waals surface area (Å²) in [7, 11) is -7.59. The van der Waals surface area contributed by atoms with Gasteiger partial charge in [-0.25, -0.2) is 16.8 Å². The summed E-state index contributed by atoms with van der Waals surface area (Å²) in [6, 6.07) is 15.1. The second kappa shape index (κ2) is 10.3. The van der Waals surface area contributed by atoms with Gasteiger partial charge in [0, 0.05) is 11.4 Å². The largest absolute Gasteiger partial charge is 0.324 e. The molecule has 0 aliphatic rings. The lowest BCUT2D eigenvalue weighted by Crippen LogP contribution is -2.45. The summed E-state index contributed by atoms with van der Waals surface area (Å²) >= 11 is 0. The van der Waals surface area contributed by atoms with Gasteiger partial charge in [-0.3, -0.25) is 13.8 Å². The maximum atomic E-state index is 13.0. The third-order valence-electron chi connectivity index (χ3n) is 6.02. The summed E-state index contributed by atoms with van der Waals surface area (Å²) in [6.07, 6.45) is 1.05. The molecule has 1 amide bonds. The third kappa shape index (κ3) is 6.24. The molecule has 0 bridgehead atoms. The molecule has 0 saturated carbocycles. The molecule has 8 nitrogen and oxygen atoms in total. The second-order valence-electron chi connectivity index (χ2n) is 8.92. The van der Waals surface area contributed by atoms with Crippen LogP contribution < -0.4 is 14.3 Å². The number of nitrogens with one attached hydrogen (secondary N) is 2. The zero-order chi connectivity index (χ0) is 26.8. The molecule has 1 atom stereocenters. The first-order chi connectivity index (χ1) is 16.7. The van der Waals surface area contributed by atoms with E-state index in [1.165, 1.54) is 31.2 Å². The summed E-state index contributed by atoms with van der Waals surface area (Å²) in [5.74, 6) is -0.553. The smallest absolute Gasteiger partial charge is 0.261 e. The van der Waals surface area contributed by atoms with Gasteiger partial charge in [0.05, 0.1) is 16.8 Å². The summed E-state index contributed by atoms with van der Waals surface area (Å²) in [4.78, 5) is 13.0. The molecule has 0 radical (unpaired) electrons. The minimum atomic E-state index is -3.83. The van der Waals surface area contributed by atoms with E-state index in [0.717, 1.165) is 32.8 Å². The van der Waals surface area contributed by atoms with Crippen molar-refractivity contribution < 1.29 is 21.6 Å². The first kappa shape index (κ1) is 27.2. The van der Waals surface area contributed by atoms with Crippen molar-refractivity contribution in [2.75, 3.05) is 20.6 Å². The van der Waals surface area contributed by atoms with E-state index in [-0.39, 0.29) is 4.90 Å². The number of amides is 1. The van der Waals surface area contributed by atoms with E-state index in [1.807, 2.05) is 33.8 Å². The third-order valence-corrected chi connectivity index (χ3v) is 8.66. The predicted octanol–water partition coefficient (Wildman–Crippen LogP) is 4.51. The SMILES string of the molecule is Cc1ccc(NS(=O)(=O)c2ccc(NC(=O)[C@H](C)N(c3ccc(C)c(C)c3)S(C)(=O)=O)cc2)cc1C. The van der Waals surface area contributed by atoms with Gasteiger partial charge in [0.1, 0.15) is 6.04 Å². The molecule has 0 saturated heterocycles. The Kier molecular flexibility index (Phi) is 7.80. The molecule has 0 fully saturated rings. The van der Waals surface area contributed by atoms with Crippen molar-refractivity contribution in [2.45, 2.75) is 45.6 Å². The molecule has 0 aliphatic heterocycles. The van der Waals surface area contributed by atoms with Gasteiger partial charge in [-0.15, -0.1) is 0 Å². The van der Waals surface area contributed by atoms with Crippen LogP contribution in [-0.4, -0.2) is 35.0 Å². The van der Waals surface area contributed by atoms with E-state index in [1.54, 1.807) is 30.3 Å². The maximum Gasteiger partial charge on any atom is 0.261 e. The zero-order valence-corrected chi connectivity index (χ0v) is 22.8. The molecule has 36 heavy (non-hydrogen) atoms. The number of hydrogen-bond donors (Lipinski definition) is 2. The van der Waals surface area contributed by atoms with Crippen molar-refractivity contribution in [2.24, 2.45) is 0 Å². The van der Waals surface area contributed by atoms with Crippen molar-refractivity contribution in [1.82, 2.24) is 0 Å². The van der Waals surface area contributed by atoms with Crippen LogP contribution in [0, 0.1) is 27.7 Å². The molecule has 3 aromatic carbocycles. The zero-order valence-electron chi connectivity index (χ0n) is 21.2. The van der Waals surface area contributed by atoms with Crippen LogP contribution in [0.4, 0.5) is 17.1 Å². The lowest BCUT2D eigenvalue weighted by atomic mass is 10.1. The Hall–Kier alpha value is -3.37. The average Bonchev–Trinajstić information content (AvgIpc) is 2.78. The van der Waals surface area contributed by atoms with Crippen LogP contribution in [-0.2, 0) is 24.8 Å². The number of anilines is 3. The van der Waals surface area contributed by atoms with Gasteiger partial charge in [-0.2, -0.15) is 0 Å². The molecular weight excluding hydrogens is 498 g/mol. The van der Waals surface area contributed by atoms with Crippen molar-refractivity contribution >= 4 is 43.0 Å². The van der Waals surface area contributed by atoms with Crippen molar-refractivity contribution in [3.63, 3.8) is 0 Å². The van der Waals surface area contributed by atoms with Crippen molar-refractivity contribution in [1.29, 1.82) is 0 Å². The first-order valence-electron chi connectivity index (χ1n) is 11.3. The quantitative estimate of drug-likeness (QED) is 0.446. The Morgan fingerprint density at radius 3 is 1.81 bits per heavy atom. The molecule has 0 aromatic heterocycles. The number of rotatable bonds is 8. The Balaban J connectivity index is 1.78. The van der Waals surface area contributed by atoms with Gasteiger partial charge in [0.25, 0.3) is 10.0 Å². The standard InChI is InChI=1S/C26H31N3O5S2/c1-17-7-9-23(15-19(17)3)28-36(33,34)25-13-10-22(11-14-25)27-26(30)21(5)29(35(6,31)32)24-12-8-18(2)20(4)16-24/h7-16,21,28H,1-6H3,(H,27,30)/t21-/m0/s1. The van der Waals surface area contributed by atoms with Crippen LogP contribution >= 0.6 is 0 Å². The lowest BCUT2D eigenvalue weighted by molar-refractivity contribution is -0.116. The van der Waals surface area contributed by atoms with Crippen LogP contribution in [0.15, 0.2) is 65.6 Å². The van der Waals surface area contributed by atoms with Gasteiger partial charge < -0.3 is 5.32 Å². The molecular formula is C26H31N3O5S2. The van der Waals surface area contributed by atoms with E-state index < -0.39 is 32.0 Å². The van der Waals surface area contributed by atoms with E-state index in [4.69, 9.17) is 0 Å². The number of aryl methyl sites for hydroxylation is 4. The Morgan fingerprint density at radius 1 is 0.750 bits per heavy atom. The van der Waals surface area contributed by atoms with Gasteiger partial charge in [-0.1, -0.05) is 12.1 Å². The Labute approximate surface area is 213 Å². The molecule has 3 rings (SSSR count). The molecule has 0 aliphatic carbocycles. The van der Waals surface area contributed by atoms with E-state index in [0.29, 0.717) is 17.1 Å². The van der Waals surface area contributed by atoms with E-state index in [9.17, 15) is 21.6 Å². The minimum absolute atomic E-state index is 0.0275. The number of benzene rings is 3. The van der Waals surface area contributed by atoms with Crippen LogP contribution in [0.25, 0.3) is 0 Å². The number of nitrogens with zero attached hydrogens (tertiary/aromatic N) is 1. The van der Waals surface area contributed by atoms with Crippen molar-refractivity contribution in [3.05, 3.63) is 82.9 Å². The lowest BCUT2D eigenvalue weighted by Gasteiger charge is -2.28. The monoisotopic (exact) mass is 529 g/mol. The fourth-order valence-corrected chi connectivity index (χ4v) is 5.87. The van der Waals surface area contributed by atoms with Gasteiger partial charge >= 0.3 is 0 Å². The average molecular weight is 530 g/mol. The molecule has 3 aromatic rings. The highest BCUT2D eigenvalue weighted by molar-refractivity contribution is 7.92. The van der Waals surface area contributed by atoms with Crippen LogP contribution in [0.1, 0.15) is 29.2 Å². The van der Waals surface area contributed by atoms with Crippen molar-refractivity contribution in [3.8, 4) is 0 Å². The molecule has 10 heteroatoms. The Bertz CT molecular complexity index is 1500. The van der Waals surface area contributed by atoms with Crippen LogP contribution in [0.3, 0.4) is 0 Å². The highest BCUT2D eigenvalue weighted by Gasteiger charge is 2.29. The molecule has 2 N–H and O–H groups in total. The number of carbonyl (C=O) groups is 1. The van der Waals surface area contributed by atoms with Gasteiger partial charge in [-0.05, 0) is 105 Å². The number of carbonyl (C=O) groups excluding carboxylic acids is 1. The molecule has 0 heterocycles. The highest BCUT2D eigenvalue weighted by Crippen LogP contribution is 2.25. The normalized spacial score (nSPS) is 12.6. The second-order valence-corrected chi connectivity index (χ2v) is 12.5. The molecule has 0 unspecified atom stereocenters. The first-order valence-corrected chi connectivity index (χ1v) is 14.6. The fourth-order valence-electron chi connectivity index (χ4n) is 3.65. The van der Waals surface area contributed by atoms with Crippen LogP contribution in [0.5, 0.6) is 0 Å².